The molecule has 6 nitrogen and oxygen atoms in total. The SMILES string of the molecule is C=CCc1ccccc1OCC(=O)N/N=C/c1ccc(OC(=O)c2ccccc2)cc1. The van der Waals surface area contributed by atoms with Crippen molar-refractivity contribution in [3.8, 4) is 11.5 Å². The minimum atomic E-state index is -0.427. The van der Waals surface area contributed by atoms with E-state index < -0.39 is 5.97 Å². The van der Waals surface area contributed by atoms with Gasteiger partial charge in [-0.3, -0.25) is 4.79 Å². The lowest BCUT2D eigenvalue weighted by Gasteiger charge is -2.09. The van der Waals surface area contributed by atoms with Gasteiger partial charge in [0, 0.05) is 0 Å². The van der Waals surface area contributed by atoms with E-state index in [0.717, 1.165) is 11.1 Å². The van der Waals surface area contributed by atoms with Gasteiger partial charge in [0.15, 0.2) is 6.61 Å². The van der Waals surface area contributed by atoms with E-state index in [4.69, 9.17) is 9.47 Å². The van der Waals surface area contributed by atoms with Crippen LogP contribution < -0.4 is 14.9 Å². The van der Waals surface area contributed by atoms with Crippen LogP contribution in [-0.4, -0.2) is 24.7 Å². The number of esters is 1. The molecule has 3 aromatic carbocycles. The summed E-state index contributed by atoms with van der Waals surface area (Å²) in [6.45, 7) is 3.56. The predicted molar refractivity (Wildman–Crippen MR) is 119 cm³/mol. The summed E-state index contributed by atoms with van der Waals surface area (Å²) in [6.07, 6.45) is 3.93. The highest BCUT2D eigenvalue weighted by atomic mass is 16.5. The van der Waals surface area contributed by atoms with Crippen LogP contribution in [0.1, 0.15) is 21.5 Å². The van der Waals surface area contributed by atoms with Crippen molar-refractivity contribution in [3.63, 3.8) is 0 Å². The summed E-state index contributed by atoms with van der Waals surface area (Å²) in [6, 6.07) is 23.0. The van der Waals surface area contributed by atoms with E-state index in [1.54, 1.807) is 54.6 Å². The van der Waals surface area contributed by atoms with Crippen molar-refractivity contribution in [1.82, 2.24) is 5.43 Å². The number of allylic oxidation sites excluding steroid dienone is 1. The lowest BCUT2D eigenvalue weighted by atomic mass is 10.1. The van der Waals surface area contributed by atoms with Crippen LogP contribution in [0.25, 0.3) is 0 Å². The molecule has 0 aromatic heterocycles. The van der Waals surface area contributed by atoms with E-state index in [2.05, 4.69) is 17.1 Å². The van der Waals surface area contributed by atoms with Gasteiger partial charge in [0.1, 0.15) is 11.5 Å². The molecule has 156 valence electrons. The Morgan fingerprint density at radius 1 is 0.935 bits per heavy atom. The molecular formula is C25H22N2O4. The number of hydrazone groups is 1. The number of rotatable bonds is 9. The van der Waals surface area contributed by atoms with Gasteiger partial charge < -0.3 is 9.47 Å². The maximum Gasteiger partial charge on any atom is 0.343 e. The van der Waals surface area contributed by atoms with Gasteiger partial charge in [0.2, 0.25) is 0 Å². The smallest absolute Gasteiger partial charge is 0.343 e. The average molecular weight is 414 g/mol. The number of nitrogens with one attached hydrogen (secondary N) is 1. The second-order valence-corrected chi connectivity index (χ2v) is 6.51. The molecule has 0 aliphatic carbocycles. The fraction of sp³-hybridized carbons (Fsp3) is 0.0800. The van der Waals surface area contributed by atoms with Crippen molar-refractivity contribution in [1.29, 1.82) is 0 Å². The molecule has 6 heteroatoms. The Balaban J connectivity index is 1.47. The molecule has 0 aliphatic heterocycles. The summed E-state index contributed by atoms with van der Waals surface area (Å²) in [7, 11) is 0. The third-order valence-corrected chi connectivity index (χ3v) is 4.20. The molecule has 0 aliphatic rings. The van der Waals surface area contributed by atoms with Crippen LogP contribution >= 0.6 is 0 Å². The minimum Gasteiger partial charge on any atom is -0.483 e. The predicted octanol–water partition coefficient (Wildman–Crippen LogP) is 4.16. The Bertz CT molecular complexity index is 1060. The number of nitrogens with zero attached hydrogens (tertiary/aromatic N) is 1. The summed E-state index contributed by atoms with van der Waals surface area (Å²) in [5, 5.41) is 3.92. The highest BCUT2D eigenvalue weighted by Gasteiger charge is 2.07. The average Bonchev–Trinajstić information content (AvgIpc) is 2.80. The number of hydrogen-bond acceptors (Lipinski definition) is 5. The zero-order chi connectivity index (χ0) is 21.9. The van der Waals surface area contributed by atoms with E-state index in [0.29, 0.717) is 23.5 Å². The number of amides is 1. The molecule has 0 radical (unpaired) electrons. The number of hydrogen-bond donors (Lipinski definition) is 1. The Kier molecular flexibility index (Phi) is 7.71. The molecule has 3 aromatic rings. The van der Waals surface area contributed by atoms with Crippen LogP contribution in [-0.2, 0) is 11.2 Å². The van der Waals surface area contributed by atoms with Crippen molar-refractivity contribution in [2.45, 2.75) is 6.42 Å². The van der Waals surface area contributed by atoms with Crippen molar-refractivity contribution >= 4 is 18.1 Å². The third-order valence-electron chi connectivity index (χ3n) is 4.20. The van der Waals surface area contributed by atoms with Gasteiger partial charge >= 0.3 is 5.97 Å². The van der Waals surface area contributed by atoms with Crippen LogP contribution in [0.3, 0.4) is 0 Å². The van der Waals surface area contributed by atoms with Gasteiger partial charge in [-0.15, -0.1) is 6.58 Å². The Morgan fingerprint density at radius 2 is 1.65 bits per heavy atom. The number of para-hydroxylation sites is 1. The van der Waals surface area contributed by atoms with E-state index in [1.165, 1.54) is 6.21 Å². The van der Waals surface area contributed by atoms with Gasteiger partial charge in [-0.1, -0.05) is 42.5 Å². The van der Waals surface area contributed by atoms with Gasteiger partial charge in [-0.25, -0.2) is 10.2 Å². The summed E-state index contributed by atoms with van der Waals surface area (Å²) in [5.41, 5.74) is 4.59. The Hall–Kier alpha value is -4.19. The fourth-order valence-electron chi connectivity index (χ4n) is 2.69. The van der Waals surface area contributed by atoms with Crippen molar-refractivity contribution in [2.75, 3.05) is 6.61 Å². The van der Waals surface area contributed by atoms with Crippen LogP contribution in [0.2, 0.25) is 0 Å². The Labute approximate surface area is 180 Å². The van der Waals surface area contributed by atoms with Crippen LogP contribution in [0, 0.1) is 0 Å². The molecule has 0 saturated heterocycles. The molecule has 1 amide bonds. The molecule has 0 saturated carbocycles. The zero-order valence-electron chi connectivity index (χ0n) is 16.9. The molecule has 1 N–H and O–H groups in total. The minimum absolute atomic E-state index is 0.153. The largest absolute Gasteiger partial charge is 0.483 e. The first kappa shape index (κ1) is 21.5. The topological polar surface area (TPSA) is 77.0 Å². The number of ether oxygens (including phenoxy) is 2. The molecule has 3 rings (SSSR count). The number of carbonyl (C=O) groups is 2. The molecule has 0 fully saturated rings. The quantitative estimate of drug-likeness (QED) is 0.188. The molecule has 0 bridgehead atoms. The normalized spacial score (nSPS) is 10.5. The molecule has 0 unspecified atom stereocenters. The second-order valence-electron chi connectivity index (χ2n) is 6.51. The summed E-state index contributed by atoms with van der Waals surface area (Å²) in [5.74, 6) is 0.255. The summed E-state index contributed by atoms with van der Waals surface area (Å²) >= 11 is 0. The van der Waals surface area contributed by atoms with E-state index in [-0.39, 0.29) is 12.5 Å². The van der Waals surface area contributed by atoms with Crippen molar-refractivity contribution < 1.29 is 19.1 Å². The molecule has 31 heavy (non-hydrogen) atoms. The molecule has 0 atom stereocenters. The van der Waals surface area contributed by atoms with Gasteiger partial charge in [0.05, 0.1) is 11.8 Å². The van der Waals surface area contributed by atoms with E-state index in [1.807, 2.05) is 30.3 Å². The van der Waals surface area contributed by atoms with Gasteiger partial charge in [-0.05, 0) is 60.0 Å². The molecule has 0 spiro atoms. The summed E-state index contributed by atoms with van der Waals surface area (Å²) < 4.78 is 10.9. The van der Waals surface area contributed by atoms with Crippen molar-refractivity contribution in [3.05, 3.63) is 108 Å². The van der Waals surface area contributed by atoms with Crippen molar-refractivity contribution in [2.24, 2.45) is 5.10 Å². The first-order valence-corrected chi connectivity index (χ1v) is 9.66. The van der Waals surface area contributed by atoms with Crippen LogP contribution in [0.5, 0.6) is 11.5 Å². The maximum absolute atomic E-state index is 12.1. The lowest BCUT2D eigenvalue weighted by molar-refractivity contribution is -0.123. The van der Waals surface area contributed by atoms with Crippen LogP contribution in [0.15, 0.2) is 96.6 Å². The first-order valence-electron chi connectivity index (χ1n) is 9.66. The molecule has 0 heterocycles. The first-order chi connectivity index (χ1) is 15.2. The van der Waals surface area contributed by atoms with E-state index in [9.17, 15) is 9.59 Å². The molecular weight excluding hydrogens is 392 g/mol. The maximum atomic E-state index is 12.1. The third kappa shape index (κ3) is 6.68. The monoisotopic (exact) mass is 414 g/mol. The highest BCUT2D eigenvalue weighted by Crippen LogP contribution is 2.18. The summed E-state index contributed by atoms with van der Waals surface area (Å²) in [4.78, 5) is 24.0. The zero-order valence-corrected chi connectivity index (χ0v) is 16.9. The lowest BCUT2D eigenvalue weighted by Crippen LogP contribution is -2.24. The van der Waals surface area contributed by atoms with Gasteiger partial charge in [-0.2, -0.15) is 5.10 Å². The Morgan fingerprint density at radius 3 is 2.39 bits per heavy atom. The fourth-order valence-corrected chi connectivity index (χ4v) is 2.69. The number of benzene rings is 3. The number of carbonyl (C=O) groups excluding carboxylic acids is 2. The van der Waals surface area contributed by atoms with Crippen LogP contribution in [0.4, 0.5) is 0 Å². The van der Waals surface area contributed by atoms with Gasteiger partial charge in [0.25, 0.3) is 5.91 Å². The van der Waals surface area contributed by atoms with E-state index >= 15 is 0 Å². The standard InChI is InChI=1S/C25H22N2O4/c1-2-8-20-9-6-7-12-23(20)30-18-24(28)27-26-17-19-13-15-22(16-14-19)31-25(29)21-10-4-3-5-11-21/h2-7,9-17H,1,8,18H2,(H,27,28)/b26-17+. The highest BCUT2D eigenvalue weighted by molar-refractivity contribution is 5.91. The second kappa shape index (κ2) is 11.1.